The van der Waals surface area contributed by atoms with Gasteiger partial charge >= 0.3 is 0 Å². The molecule has 0 bridgehead atoms. The Bertz CT molecular complexity index is 786. The van der Waals surface area contributed by atoms with E-state index in [4.69, 9.17) is 4.74 Å². The van der Waals surface area contributed by atoms with Crippen LogP contribution in [0.25, 0.3) is 5.57 Å². The number of ether oxygens (including phenoxy) is 1. The van der Waals surface area contributed by atoms with Gasteiger partial charge in [0.05, 0.1) is 24.6 Å². The lowest BCUT2D eigenvalue weighted by Crippen LogP contribution is -2.33. The molecule has 124 valence electrons. The van der Waals surface area contributed by atoms with Crippen LogP contribution in [0.15, 0.2) is 42.4 Å². The van der Waals surface area contributed by atoms with E-state index in [1.165, 1.54) is 36.7 Å². The first-order chi connectivity index (χ1) is 11.5. The predicted octanol–water partition coefficient (Wildman–Crippen LogP) is 2.93. The highest BCUT2D eigenvalue weighted by atomic mass is 19.1. The van der Waals surface area contributed by atoms with Crippen LogP contribution < -0.4 is 4.74 Å². The molecule has 24 heavy (non-hydrogen) atoms. The molecular formula is C17H16FN3O3. The van der Waals surface area contributed by atoms with Gasteiger partial charge in [-0.1, -0.05) is 0 Å². The number of aliphatic hydroxyl groups excluding tert-OH is 1. The molecule has 0 fully saturated rings. The molecule has 6 nitrogen and oxygen atoms in total. The summed E-state index contributed by atoms with van der Waals surface area (Å²) < 4.78 is 18.3. The third-order valence-corrected chi connectivity index (χ3v) is 3.67. The maximum absolute atomic E-state index is 12.9. The molecular weight excluding hydrogens is 313 g/mol. The first kappa shape index (κ1) is 15.9. The summed E-state index contributed by atoms with van der Waals surface area (Å²) in [6.07, 6.45) is 2.82. The summed E-state index contributed by atoms with van der Waals surface area (Å²) in [5.74, 6) is -0.400. The van der Waals surface area contributed by atoms with Gasteiger partial charge in [0, 0.05) is 11.6 Å². The number of aliphatic hydroxyl groups is 1. The Morgan fingerprint density at radius 3 is 2.46 bits per heavy atom. The van der Waals surface area contributed by atoms with Crippen molar-refractivity contribution in [1.29, 1.82) is 0 Å². The Balaban J connectivity index is 1.77. The van der Waals surface area contributed by atoms with Gasteiger partial charge in [-0.15, -0.1) is 0 Å². The Morgan fingerprint density at radius 2 is 1.92 bits per heavy atom. The summed E-state index contributed by atoms with van der Waals surface area (Å²) in [6, 6.07) is 5.51. The van der Waals surface area contributed by atoms with Crippen LogP contribution in [0.4, 0.5) is 4.39 Å². The third kappa shape index (κ3) is 3.05. The van der Waals surface area contributed by atoms with Crippen LogP contribution in [0.2, 0.25) is 0 Å². The van der Waals surface area contributed by atoms with Crippen molar-refractivity contribution < 1.29 is 19.0 Å². The van der Waals surface area contributed by atoms with Crippen LogP contribution in [0, 0.1) is 5.82 Å². The van der Waals surface area contributed by atoms with Gasteiger partial charge in [-0.3, -0.25) is 4.79 Å². The zero-order valence-corrected chi connectivity index (χ0v) is 13.2. The summed E-state index contributed by atoms with van der Waals surface area (Å²) in [7, 11) is 0. The van der Waals surface area contributed by atoms with E-state index in [1.54, 1.807) is 4.90 Å². The molecule has 3 rings (SSSR count). The lowest BCUT2D eigenvalue weighted by molar-refractivity contribution is -0.129. The second-order valence-electron chi connectivity index (χ2n) is 5.65. The Hall–Kier alpha value is -2.96. The van der Waals surface area contributed by atoms with E-state index in [1.807, 2.05) is 13.8 Å². The first-order valence-corrected chi connectivity index (χ1v) is 7.44. The van der Waals surface area contributed by atoms with Crippen molar-refractivity contribution in [3.8, 4) is 11.6 Å². The Morgan fingerprint density at radius 1 is 1.21 bits per heavy atom. The number of aromatic nitrogens is 2. The maximum Gasteiger partial charge on any atom is 0.289 e. The van der Waals surface area contributed by atoms with E-state index in [9.17, 15) is 14.3 Å². The highest BCUT2D eigenvalue weighted by molar-refractivity contribution is 6.03. The summed E-state index contributed by atoms with van der Waals surface area (Å²) >= 11 is 0. The van der Waals surface area contributed by atoms with E-state index in [-0.39, 0.29) is 30.0 Å². The van der Waals surface area contributed by atoms with E-state index >= 15 is 0 Å². The largest absolute Gasteiger partial charge is 0.503 e. The van der Waals surface area contributed by atoms with Crippen LogP contribution in [0.5, 0.6) is 11.6 Å². The monoisotopic (exact) mass is 329 g/mol. The molecule has 0 saturated heterocycles. The number of hydrogen-bond donors (Lipinski definition) is 1. The zero-order valence-electron chi connectivity index (χ0n) is 13.2. The minimum absolute atomic E-state index is 0.0220. The van der Waals surface area contributed by atoms with Gasteiger partial charge in [0.2, 0.25) is 5.88 Å². The van der Waals surface area contributed by atoms with Crippen molar-refractivity contribution in [3.05, 3.63) is 53.9 Å². The van der Waals surface area contributed by atoms with Crippen molar-refractivity contribution in [1.82, 2.24) is 14.9 Å². The summed E-state index contributed by atoms with van der Waals surface area (Å²) in [5.41, 5.74) is 0.852. The molecule has 1 aromatic heterocycles. The van der Waals surface area contributed by atoms with Crippen LogP contribution in [-0.4, -0.2) is 38.5 Å². The molecule has 1 aliphatic rings. The molecule has 1 amide bonds. The fraction of sp³-hybridized carbons (Fsp3) is 0.235. The predicted molar refractivity (Wildman–Crippen MR) is 84.9 cm³/mol. The number of rotatable bonds is 4. The van der Waals surface area contributed by atoms with E-state index in [0.717, 1.165) is 0 Å². The normalized spacial score (nSPS) is 14.7. The van der Waals surface area contributed by atoms with Gasteiger partial charge < -0.3 is 14.7 Å². The van der Waals surface area contributed by atoms with Crippen LogP contribution in [0.1, 0.15) is 19.5 Å². The Labute approximate surface area is 138 Å². The highest BCUT2D eigenvalue weighted by Gasteiger charge is 2.33. The van der Waals surface area contributed by atoms with Crippen LogP contribution >= 0.6 is 0 Å². The summed E-state index contributed by atoms with van der Waals surface area (Å²) in [5, 5.41) is 10.0. The van der Waals surface area contributed by atoms with Gasteiger partial charge in [0.1, 0.15) is 11.6 Å². The van der Waals surface area contributed by atoms with Gasteiger partial charge in [-0.2, -0.15) is 0 Å². The maximum atomic E-state index is 12.9. The minimum Gasteiger partial charge on any atom is -0.503 e. The third-order valence-electron chi connectivity index (χ3n) is 3.67. The standard InChI is InChI=1S/C17H16FN3O3/c1-10(2)21-9-13(16(22)17(21)23)14-7-20-15(8-19-14)24-12-5-3-11(18)4-6-12/h3-8,10,22H,9H2,1-2H3. The van der Waals surface area contributed by atoms with Crippen LogP contribution in [0.3, 0.4) is 0 Å². The average Bonchev–Trinajstić information content (AvgIpc) is 2.86. The number of benzene rings is 1. The van der Waals surface area contributed by atoms with Crippen molar-refractivity contribution >= 4 is 11.5 Å². The lowest BCUT2D eigenvalue weighted by atomic mass is 10.2. The minimum atomic E-state index is -0.409. The van der Waals surface area contributed by atoms with Gasteiger partial charge in [0.25, 0.3) is 5.91 Å². The molecule has 0 radical (unpaired) electrons. The van der Waals surface area contributed by atoms with E-state index in [0.29, 0.717) is 17.0 Å². The number of halogens is 1. The molecule has 7 heteroatoms. The fourth-order valence-corrected chi connectivity index (χ4v) is 2.35. The molecule has 2 heterocycles. The summed E-state index contributed by atoms with van der Waals surface area (Å²) in [6.45, 7) is 4.04. The van der Waals surface area contributed by atoms with Gasteiger partial charge in [-0.05, 0) is 38.1 Å². The highest BCUT2D eigenvalue weighted by Crippen LogP contribution is 2.27. The molecule has 1 aliphatic heterocycles. The van der Waals surface area contributed by atoms with Gasteiger partial charge in [-0.25, -0.2) is 14.4 Å². The number of amides is 1. The van der Waals surface area contributed by atoms with Crippen molar-refractivity contribution in [2.24, 2.45) is 0 Å². The molecule has 0 spiro atoms. The number of carbonyl (C=O) groups excluding carboxylic acids is 1. The molecule has 0 saturated carbocycles. The van der Waals surface area contributed by atoms with Crippen molar-refractivity contribution in [2.75, 3.05) is 6.54 Å². The quantitative estimate of drug-likeness (QED) is 0.933. The number of carbonyl (C=O) groups is 1. The Kier molecular flexibility index (Phi) is 4.16. The molecule has 2 aromatic rings. The molecule has 0 aliphatic carbocycles. The molecule has 0 unspecified atom stereocenters. The lowest BCUT2D eigenvalue weighted by Gasteiger charge is -2.20. The average molecular weight is 329 g/mol. The van der Waals surface area contributed by atoms with E-state index < -0.39 is 5.91 Å². The first-order valence-electron chi connectivity index (χ1n) is 7.44. The molecule has 1 N–H and O–H groups in total. The molecule has 0 atom stereocenters. The fourth-order valence-electron chi connectivity index (χ4n) is 2.35. The summed E-state index contributed by atoms with van der Waals surface area (Å²) in [4.78, 5) is 21.8. The van der Waals surface area contributed by atoms with Crippen LogP contribution in [-0.2, 0) is 4.79 Å². The zero-order chi connectivity index (χ0) is 17.3. The topological polar surface area (TPSA) is 75.6 Å². The van der Waals surface area contributed by atoms with Crippen molar-refractivity contribution in [2.45, 2.75) is 19.9 Å². The smallest absolute Gasteiger partial charge is 0.289 e. The second kappa shape index (κ2) is 6.27. The number of hydrogen-bond acceptors (Lipinski definition) is 5. The van der Waals surface area contributed by atoms with Crippen molar-refractivity contribution in [3.63, 3.8) is 0 Å². The molecule has 1 aromatic carbocycles. The second-order valence-corrected chi connectivity index (χ2v) is 5.65. The SMILES string of the molecule is CC(C)N1CC(c2cnc(Oc3ccc(F)cc3)cn2)=C(O)C1=O. The van der Waals surface area contributed by atoms with Gasteiger partial charge in [0.15, 0.2) is 5.76 Å². The number of nitrogens with zero attached hydrogens (tertiary/aromatic N) is 3. The van der Waals surface area contributed by atoms with E-state index in [2.05, 4.69) is 9.97 Å².